The van der Waals surface area contributed by atoms with E-state index in [0.29, 0.717) is 55.1 Å². The molecule has 2 aliphatic rings. The first kappa shape index (κ1) is 27.4. The quantitative estimate of drug-likeness (QED) is 0.599. The van der Waals surface area contributed by atoms with Gasteiger partial charge in [0.25, 0.3) is 11.8 Å². The molecule has 2 aliphatic heterocycles. The molecule has 3 amide bonds. The molecular formula is C29H37N3O6. The molecule has 2 heterocycles. The van der Waals surface area contributed by atoms with Crippen LogP contribution in [0.15, 0.2) is 42.5 Å². The standard InChI is InChI=1S/C29H37N3O6/c1-19(2)17-30-26(33)23-18-38-29(32(23)28(35)21-8-6-7-20(3)15-21)11-13-31(14-12-29)27(34)22-9-10-24(36-4)25(16-22)37-5/h6-10,15-16,19,23H,11-14,17-18H2,1-5H3,(H,30,33). The average molecular weight is 524 g/mol. The molecule has 0 saturated carbocycles. The summed E-state index contributed by atoms with van der Waals surface area (Å²) >= 11 is 0. The van der Waals surface area contributed by atoms with Crippen molar-refractivity contribution >= 4 is 17.7 Å². The molecule has 0 radical (unpaired) electrons. The molecule has 1 spiro atoms. The molecule has 2 aromatic carbocycles. The number of hydrogen-bond acceptors (Lipinski definition) is 6. The smallest absolute Gasteiger partial charge is 0.256 e. The van der Waals surface area contributed by atoms with Gasteiger partial charge in [-0.05, 0) is 43.2 Å². The van der Waals surface area contributed by atoms with Crippen molar-refractivity contribution in [1.82, 2.24) is 15.1 Å². The van der Waals surface area contributed by atoms with Crippen molar-refractivity contribution in [3.63, 3.8) is 0 Å². The maximum absolute atomic E-state index is 13.9. The summed E-state index contributed by atoms with van der Waals surface area (Å²) in [6.07, 6.45) is 0.801. The van der Waals surface area contributed by atoms with Crippen molar-refractivity contribution in [2.75, 3.05) is 40.5 Å². The van der Waals surface area contributed by atoms with E-state index in [1.807, 2.05) is 39.0 Å². The Bertz CT molecular complexity index is 1190. The number of rotatable bonds is 7. The zero-order valence-corrected chi connectivity index (χ0v) is 22.8. The van der Waals surface area contributed by atoms with E-state index in [9.17, 15) is 14.4 Å². The normalized spacial score (nSPS) is 18.5. The Morgan fingerprint density at radius 3 is 2.32 bits per heavy atom. The number of piperidine rings is 1. The third-order valence-corrected chi connectivity index (χ3v) is 7.19. The fourth-order valence-corrected chi connectivity index (χ4v) is 5.12. The van der Waals surface area contributed by atoms with Gasteiger partial charge in [-0.1, -0.05) is 31.5 Å². The SMILES string of the molecule is COc1ccc(C(=O)N2CCC3(CC2)OCC(C(=O)NCC(C)C)N3C(=O)c2cccc(C)c2)cc1OC. The van der Waals surface area contributed by atoms with E-state index in [1.165, 1.54) is 7.11 Å². The lowest BCUT2D eigenvalue weighted by molar-refractivity contribution is -0.128. The number of amides is 3. The summed E-state index contributed by atoms with van der Waals surface area (Å²) in [5.41, 5.74) is 1.00. The largest absolute Gasteiger partial charge is 0.493 e. The highest BCUT2D eigenvalue weighted by Gasteiger charge is 2.54. The van der Waals surface area contributed by atoms with Gasteiger partial charge in [-0.2, -0.15) is 0 Å². The van der Waals surface area contributed by atoms with Crippen LogP contribution in [0.5, 0.6) is 11.5 Å². The van der Waals surface area contributed by atoms with Crippen molar-refractivity contribution in [2.24, 2.45) is 5.92 Å². The van der Waals surface area contributed by atoms with Gasteiger partial charge >= 0.3 is 0 Å². The minimum atomic E-state index is -0.963. The average Bonchev–Trinajstić information content (AvgIpc) is 3.29. The molecule has 1 atom stereocenters. The molecular weight excluding hydrogens is 486 g/mol. The molecule has 204 valence electrons. The van der Waals surface area contributed by atoms with Crippen LogP contribution in [0.25, 0.3) is 0 Å². The van der Waals surface area contributed by atoms with Crippen molar-refractivity contribution in [2.45, 2.75) is 45.4 Å². The monoisotopic (exact) mass is 523 g/mol. The summed E-state index contributed by atoms with van der Waals surface area (Å²) in [7, 11) is 3.08. The second-order valence-corrected chi connectivity index (χ2v) is 10.3. The number of aryl methyl sites for hydroxylation is 1. The highest BCUT2D eigenvalue weighted by Crippen LogP contribution is 2.39. The zero-order valence-electron chi connectivity index (χ0n) is 22.8. The maximum Gasteiger partial charge on any atom is 0.256 e. The molecule has 2 saturated heterocycles. The number of nitrogens with one attached hydrogen (secondary N) is 1. The van der Waals surface area contributed by atoms with Gasteiger partial charge < -0.3 is 24.4 Å². The minimum Gasteiger partial charge on any atom is -0.493 e. The lowest BCUT2D eigenvalue weighted by Gasteiger charge is -2.44. The molecule has 1 unspecified atom stereocenters. The molecule has 1 N–H and O–H groups in total. The van der Waals surface area contributed by atoms with Crippen LogP contribution >= 0.6 is 0 Å². The number of likely N-dealkylation sites (tertiary alicyclic amines) is 1. The molecule has 38 heavy (non-hydrogen) atoms. The van der Waals surface area contributed by atoms with E-state index in [1.54, 1.807) is 41.2 Å². The Morgan fingerprint density at radius 1 is 1.00 bits per heavy atom. The first-order valence-electron chi connectivity index (χ1n) is 13.0. The van der Waals surface area contributed by atoms with Crippen molar-refractivity contribution in [3.8, 4) is 11.5 Å². The van der Waals surface area contributed by atoms with E-state index in [-0.39, 0.29) is 30.2 Å². The van der Waals surface area contributed by atoms with Crippen molar-refractivity contribution in [1.29, 1.82) is 0 Å². The van der Waals surface area contributed by atoms with Gasteiger partial charge in [-0.3, -0.25) is 19.3 Å². The van der Waals surface area contributed by atoms with Crippen LogP contribution in [0.4, 0.5) is 0 Å². The van der Waals surface area contributed by atoms with Crippen LogP contribution in [-0.2, 0) is 9.53 Å². The summed E-state index contributed by atoms with van der Waals surface area (Å²) in [6.45, 7) is 7.36. The summed E-state index contributed by atoms with van der Waals surface area (Å²) in [5.74, 6) is 0.712. The highest BCUT2D eigenvalue weighted by atomic mass is 16.5. The molecule has 4 rings (SSSR count). The Labute approximate surface area is 224 Å². The van der Waals surface area contributed by atoms with Crippen LogP contribution in [0.1, 0.15) is 53.0 Å². The highest BCUT2D eigenvalue weighted by molar-refractivity contribution is 5.99. The molecule has 9 nitrogen and oxygen atoms in total. The summed E-state index contributed by atoms with van der Waals surface area (Å²) < 4.78 is 16.9. The van der Waals surface area contributed by atoms with E-state index in [4.69, 9.17) is 14.2 Å². The number of hydrogen-bond donors (Lipinski definition) is 1. The number of ether oxygens (including phenoxy) is 3. The Balaban J connectivity index is 1.56. The van der Waals surface area contributed by atoms with Gasteiger partial charge in [-0.15, -0.1) is 0 Å². The zero-order chi connectivity index (χ0) is 27.4. The molecule has 9 heteroatoms. The van der Waals surface area contributed by atoms with Gasteiger partial charge in [-0.25, -0.2) is 0 Å². The van der Waals surface area contributed by atoms with Gasteiger partial charge in [0.1, 0.15) is 11.8 Å². The van der Waals surface area contributed by atoms with E-state index < -0.39 is 11.8 Å². The van der Waals surface area contributed by atoms with Crippen LogP contribution in [0.3, 0.4) is 0 Å². The van der Waals surface area contributed by atoms with Gasteiger partial charge in [0.15, 0.2) is 11.5 Å². The third-order valence-electron chi connectivity index (χ3n) is 7.19. The third kappa shape index (κ3) is 5.48. The first-order valence-corrected chi connectivity index (χ1v) is 13.0. The van der Waals surface area contributed by atoms with Crippen LogP contribution in [0, 0.1) is 12.8 Å². The molecule has 0 aromatic heterocycles. The summed E-state index contributed by atoms with van der Waals surface area (Å²) in [5, 5.41) is 2.96. The van der Waals surface area contributed by atoms with Crippen LogP contribution < -0.4 is 14.8 Å². The first-order chi connectivity index (χ1) is 18.2. The second kappa shape index (κ2) is 11.4. The molecule has 0 bridgehead atoms. The lowest BCUT2D eigenvalue weighted by Crippen LogP contribution is -2.60. The molecule has 0 aliphatic carbocycles. The Morgan fingerprint density at radius 2 is 1.68 bits per heavy atom. The van der Waals surface area contributed by atoms with Gasteiger partial charge in [0.05, 0.1) is 20.8 Å². The predicted molar refractivity (Wildman–Crippen MR) is 142 cm³/mol. The van der Waals surface area contributed by atoms with E-state index >= 15 is 0 Å². The Kier molecular flexibility index (Phi) is 8.26. The number of carbonyl (C=O) groups is 3. The molecule has 2 aromatic rings. The lowest BCUT2D eigenvalue weighted by atomic mass is 9.95. The summed E-state index contributed by atoms with van der Waals surface area (Å²) in [4.78, 5) is 43.7. The number of nitrogens with zero attached hydrogens (tertiary/aromatic N) is 2. The number of methoxy groups -OCH3 is 2. The number of carbonyl (C=O) groups excluding carboxylic acids is 3. The second-order valence-electron chi connectivity index (χ2n) is 10.3. The Hall–Kier alpha value is -3.59. The van der Waals surface area contributed by atoms with Crippen molar-refractivity contribution < 1.29 is 28.6 Å². The van der Waals surface area contributed by atoms with E-state index in [0.717, 1.165) is 5.56 Å². The van der Waals surface area contributed by atoms with Crippen LogP contribution in [-0.4, -0.2) is 79.7 Å². The predicted octanol–water partition coefficient (Wildman–Crippen LogP) is 3.26. The topological polar surface area (TPSA) is 97.4 Å². The molecule has 2 fully saturated rings. The van der Waals surface area contributed by atoms with Crippen LogP contribution in [0.2, 0.25) is 0 Å². The van der Waals surface area contributed by atoms with Crippen molar-refractivity contribution in [3.05, 3.63) is 59.2 Å². The minimum absolute atomic E-state index is 0.116. The fraction of sp³-hybridized carbons (Fsp3) is 0.483. The van der Waals surface area contributed by atoms with Gasteiger partial charge in [0, 0.05) is 43.6 Å². The fourth-order valence-electron chi connectivity index (χ4n) is 5.12. The van der Waals surface area contributed by atoms with E-state index in [2.05, 4.69) is 5.32 Å². The number of benzene rings is 2. The maximum atomic E-state index is 13.9. The summed E-state index contributed by atoms with van der Waals surface area (Å²) in [6, 6.07) is 11.7. The van der Waals surface area contributed by atoms with Gasteiger partial charge in [0.2, 0.25) is 5.91 Å².